The fourth-order valence-corrected chi connectivity index (χ4v) is 5.03. The standard InChI is InChI=1S/C30H32F3N3O4/c1-19(2)28-23(11-14-35(28)12-6-9-20-7-4-3-5-8-20)29(40)34-25-15-21(16-27(38)39)26(17-24(25)30(31,32)33)36-13-10-22(37)18-36/h3-8,11-12,14-15,17,19,22,37H,9-10,13,16,18H2,1-2H3,(H,34,40)(H,38,39)/b12-6+/t22-/m1/s1. The highest BCUT2D eigenvalue weighted by Crippen LogP contribution is 2.40. The Kier molecular flexibility index (Phi) is 8.68. The van der Waals surface area contributed by atoms with E-state index < -0.39 is 41.8 Å². The normalized spacial score (nSPS) is 15.8. The number of carbonyl (C=O) groups excluding carboxylic acids is 1. The molecule has 1 aromatic heterocycles. The van der Waals surface area contributed by atoms with Crippen molar-refractivity contribution in [1.29, 1.82) is 0 Å². The van der Waals surface area contributed by atoms with Gasteiger partial charge in [-0.2, -0.15) is 13.2 Å². The van der Waals surface area contributed by atoms with Crippen molar-refractivity contribution in [1.82, 2.24) is 4.57 Å². The van der Waals surface area contributed by atoms with Crippen LogP contribution < -0.4 is 10.2 Å². The third-order valence-corrected chi connectivity index (χ3v) is 6.83. The number of β-amino-alcohol motifs (C(OH)–C–C–N with tert-alkyl or cyclic N) is 1. The number of nitrogens with one attached hydrogen (secondary N) is 1. The number of anilines is 2. The van der Waals surface area contributed by atoms with E-state index in [9.17, 15) is 33.0 Å². The molecule has 4 rings (SSSR count). The summed E-state index contributed by atoms with van der Waals surface area (Å²) in [4.78, 5) is 26.5. The quantitative estimate of drug-likeness (QED) is 0.311. The maximum absolute atomic E-state index is 14.2. The van der Waals surface area contributed by atoms with E-state index in [4.69, 9.17) is 0 Å². The summed E-state index contributed by atoms with van der Waals surface area (Å²) >= 11 is 0. The van der Waals surface area contributed by atoms with E-state index in [0.717, 1.165) is 17.7 Å². The van der Waals surface area contributed by atoms with Gasteiger partial charge in [0, 0.05) is 36.9 Å². The van der Waals surface area contributed by atoms with Gasteiger partial charge in [0.05, 0.1) is 29.3 Å². The summed E-state index contributed by atoms with van der Waals surface area (Å²) in [6.07, 6.45) is 0.412. The Morgan fingerprint density at radius 2 is 1.88 bits per heavy atom. The summed E-state index contributed by atoms with van der Waals surface area (Å²) in [5.41, 5.74) is 0.567. The Bertz CT molecular complexity index is 1400. The fourth-order valence-electron chi connectivity index (χ4n) is 5.03. The van der Waals surface area contributed by atoms with Gasteiger partial charge in [-0.25, -0.2) is 0 Å². The van der Waals surface area contributed by atoms with E-state index in [2.05, 4.69) is 5.32 Å². The molecule has 1 saturated heterocycles. The Labute approximate surface area is 230 Å². The van der Waals surface area contributed by atoms with E-state index in [1.165, 1.54) is 0 Å². The second-order valence-electron chi connectivity index (χ2n) is 10.2. The highest BCUT2D eigenvalue weighted by molar-refractivity contribution is 6.06. The molecule has 1 aliphatic heterocycles. The molecule has 0 unspecified atom stereocenters. The molecule has 3 N–H and O–H groups in total. The average Bonchev–Trinajstić information content (AvgIpc) is 3.50. The molecule has 1 aliphatic rings. The van der Waals surface area contributed by atoms with Crippen molar-refractivity contribution in [3.05, 3.63) is 88.8 Å². The molecule has 10 heteroatoms. The first-order valence-corrected chi connectivity index (χ1v) is 13.1. The van der Waals surface area contributed by atoms with Crippen LogP contribution in [0.25, 0.3) is 6.20 Å². The number of carboxylic acid groups (broad SMARTS) is 1. The maximum atomic E-state index is 14.2. The molecule has 0 aliphatic carbocycles. The number of amides is 1. The number of aliphatic hydroxyl groups excluding tert-OH is 1. The van der Waals surface area contributed by atoms with E-state index in [-0.39, 0.29) is 29.3 Å². The van der Waals surface area contributed by atoms with Crippen molar-refractivity contribution in [3.8, 4) is 0 Å². The van der Waals surface area contributed by atoms with Crippen molar-refractivity contribution in [3.63, 3.8) is 0 Å². The number of benzene rings is 2. The lowest BCUT2D eigenvalue weighted by atomic mass is 10.0. The van der Waals surface area contributed by atoms with Gasteiger partial charge >= 0.3 is 12.1 Å². The lowest BCUT2D eigenvalue weighted by Crippen LogP contribution is -2.25. The smallest absolute Gasteiger partial charge is 0.418 e. The minimum atomic E-state index is -4.82. The number of aliphatic hydroxyl groups is 1. The first kappa shape index (κ1) is 28.9. The SMILES string of the molecule is CC(C)c1c(C(=O)Nc2cc(CC(=O)O)c(N3CC[C@@H](O)C3)cc2C(F)(F)F)ccn1/C=C/Cc1ccccc1. The van der Waals surface area contributed by atoms with Crippen LogP contribution in [-0.4, -0.2) is 45.9 Å². The predicted molar refractivity (Wildman–Crippen MR) is 148 cm³/mol. The zero-order chi connectivity index (χ0) is 29.0. The van der Waals surface area contributed by atoms with E-state index in [1.807, 2.05) is 56.5 Å². The highest BCUT2D eigenvalue weighted by Gasteiger charge is 2.37. The number of halogens is 3. The van der Waals surface area contributed by atoms with Gasteiger partial charge in [0.15, 0.2) is 0 Å². The lowest BCUT2D eigenvalue weighted by Gasteiger charge is -2.25. The molecule has 7 nitrogen and oxygen atoms in total. The van der Waals surface area contributed by atoms with E-state index >= 15 is 0 Å². The molecule has 0 saturated carbocycles. The Hall–Kier alpha value is -4.05. The molecular weight excluding hydrogens is 523 g/mol. The Morgan fingerprint density at radius 3 is 2.48 bits per heavy atom. The molecule has 0 bridgehead atoms. The summed E-state index contributed by atoms with van der Waals surface area (Å²) in [5, 5.41) is 21.7. The van der Waals surface area contributed by atoms with Gasteiger partial charge in [-0.3, -0.25) is 9.59 Å². The van der Waals surface area contributed by atoms with Crippen LogP contribution in [0.2, 0.25) is 0 Å². The largest absolute Gasteiger partial charge is 0.481 e. The first-order chi connectivity index (χ1) is 18.9. The lowest BCUT2D eigenvalue weighted by molar-refractivity contribution is -0.137. The van der Waals surface area contributed by atoms with Crippen LogP contribution in [0.3, 0.4) is 0 Å². The molecule has 2 heterocycles. The van der Waals surface area contributed by atoms with E-state index in [0.29, 0.717) is 25.1 Å². The van der Waals surface area contributed by atoms with Gasteiger partial charge < -0.3 is 25.0 Å². The maximum Gasteiger partial charge on any atom is 0.418 e. The van der Waals surface area contributed by atoms with Crippen molar-refractivity contribution < 1.29 is 33.0 Å². The third kappa shape index (κ3) is 6.74. The molecule has 1 atom stereocenters. The topological polar surface area (TPSA) is 94.8 Å². The van der Waals surface area contributed by atoms with Gasteiger partial charge in [0.1, 0.15) is 0 Å². The summed E-state index contributed by atoms with van der Waals surface area (Å²) in [6.45, 7) is 4.16. The molecule has 2 aromatic carbocycles. The van der Waals surface area contributed by atoms with Crippen LogP contribution in [0.15, 0.2) is 60.8 Å². The van der Waals surface area contributed by atoms with Crippen LogP contribution in [-0.2, 0) is 23.8 Å². The summed E-state index contributed by atoms with van der Waals surface area (Å²) < 4.78 is 44.3. The first-order valence-electron chi connectivity index (χ1n) is 13.1. The summed E-state index contributed by atoms with van der Waals surface area (Å²) in [7, 11) is 0. The number of carbonyl (C=O) groups is 2. The van der Waals surface area contributed by atoms with Crippen LogP contribution >= 0.6 is 0 Å². The monoisotopic (exact) mass is 555 g/mol. The molecular formula is C30H32F3N3O4. The second-order valence-corrected chi connectivity index (χ2v) is 10.2. The summed E-state index contributed by atoms with van der Waals surface area (Å²) in [5.74, 6) is -2.07. The van der Waals surface area contributed by atoms with Gasteiger partial charge in [0.25, 0.3) is 5.91 Å². The number of nitrogens with zero attached hydrogens (tertiary/aromatic N) is 2. The predicted octanol–water partition coefficient (Wildman–Crippen LogP) is 5.79. The van der Waals surface area contributed by atoms with Gasteiger partial charge in [0.2, 0.25) is 0 Å². The Balaban J connectivity index is 1.67. The molecule has 40 heavy (non-hydrogen) atoms. The summed E-state index contributed by atoms with van der Waals surface area (Å²) in [6, 6.07) is 13.3. The van der Waals surface area contributed by atoms with Crippen molar-refractivity contribution in [2.24, 2.45) is 0 Å². The highest BCUT2D eigenvalue weighted by atomic mass is 19.4. The fraction of sp³-hybridized carbons (Fsp3) is 0.333. The number of alkyl halides is 3. The van der Waals surface area contributed by atoms with Crippen LogP contribution in [0, 0.1) is 0 Å². The number of hydrogen-bond donors (Lipinski definition) is 3. The number of allylic oxidation sites excluding steroid dienone is 1. The second kappa shape index (κ2) is 12.0. The van der Waals surface area contributed by atoms with Gasteiger partial charge in [-0.1, -0.05) is 50.3 Å². The number of aliphatic carboxylic acids is 1. The molecule has 3 aromatic rings. The van der Waals surface area contributed by atoms with Crippen molar-refractivity contribution in [2.45, 2.75) is 51.3 Å². The number of rotatable bonds is 9. The number of carboxylic acids is 1. The third-order valence-electron chi connectivity index (χ3n) is 6.83. The number of aromatic nitrogens is 1. The molecule has 0 spiro atoms. The molecule has 0 radical (unpaired) electrons. The van der Waals surface area contributed by atoms with Crippen LogP contribution in [0.5, 0.6) is 0 Å². The zero-order valence-electron chi connectivity index (χ0n) is 22.3. The van der Waals surface area contributed by atoms with Crippen LogP contribution in [0.4, 0.5) is 24.5 Å². The average molecular weight is 556 g/mol. The van der Waals surface area contributed by atoms with Gasteiger partial charge in [-0.05, 0) is 48.1 Å². The molecule has 1 fully saturated rings. The van der Waals surface area contributed by atoms with Crippen LogP contribution in [0.1, 0.15) is 58.9 Å². The van der Waals surface area contributed by atoms with Crippen molar-refractivity contribution in [2.75, 3.05) is 23.3 Å². The number of hydrogen-bond acceptors (Lipinski definition) is 4. The van der Waals surface area contributed by atoms with Crippen molar-refractivity contribution >= 4 is 29.5 Å². The molecule has 212 valence electrons. The Morgan fingerprint density at radius 1 is 1.15 bits per heavy atom. The minimum Gasteiger partial charge on any atom is -0.481 e. The zero-order valence-corrected chi connectivity index (χ0v) is 22.3. The van der Waals surface area contributed by atoms with Gasteiger partial charge in [-0.15, -0.1) is 0 Å². The minimum absolute atomic E-state index is 0.0850. The van der Waals surface area contributed by atoms with E-state index in [1.54, 1.807) is 21.7 Å². The molecule has 1 amide bonds.